The van der Waals surface area contributed by atoms with Gasteiger partial charge in [-0.2, -0.15) is 0 Å². The lowest BCUT2D eigenvalue weighted by Crippen LogP contribution is -2.33. The van der Waals surface area contributed by atoms with E-state index in [9.17, 15) is 9.59 Å². The van der Waals surface area contributed by atoms with Gasteiger partial charge >= 0.3 is 11.9 Å². The van der Waals surface area contributed by atoms with Crippen molar-refractivity contribution in [1.29, 1.82) is 0 Å². The molecule has 0 heterocycles. The van der Waals surface area contributed by atoms with Crippen molar-refractivity contribution in [2.75, 3.05) is 6.61 Å². The van der Waals surface area contributed by atoms with Crippen LogP contribution in [-0.2, 0) is 19.1 Å². The predicted molar refractivity (Wildman–Crippen MR) is 77.1 cm³/mol. The zero-order valence-corrected chi connectivity index (χ0v) is 13.0. The second-order valence-corrected chi connectivity index (χ2v) is 6.06. The molecule has 0 N–H and O–H groups in total. The van der Waals surface area contributed by atoms with Crippen LogP contribution in [0.25, 0.3) is 0 Å². The molecule has 0 aliphatic heterocycles. The lowest BCUT2D eigenvalue weighted by Gasteiger charge is -2.26. The molecule has 1 fully saturated rings. The molecule has 4 nitrogen and oxygen atoms in total. The highest BCUT2D eigenvalue weighted by Gasteiger charge is 2.35. The highest BCUT2D eigenvalue weighted by atomic mass is 16.6. The van der Waals surface area contributed by atoms with Crippen LogP contribution in [0.5, 0.6) is 0 Å². The molecule has 0 saturated heterocycles. The van der Waals surface area contributed by atoms with E-state index >= 15 is 0 Å². The number of rotatable bonds is 6. The topological polar surface area (TPSA) is 52.6 Å². The van der Waals surface area contributed by atoms with Crippen LogP contribution in [0, 0.1) is 5.41 Å². The molecule has 114 valence electrons. The number of ether oxygens (including phenoxy) is 2. The first-order valence-corrected chi connectivity index (χ1v) is 7.38. The third-order valence-corrected chi connectivity index (χ3v) is 3.99. The maximum atomic E-state index is 11.9. The minimum absolute atomic E-state index is 0.304. The van der Waals surface area contributed by atoms with E-state index < -0.39 is 17.0 Å². The van der Waals surface area contributed by atoms with Crippen LogP contribution >= 0.6 is 0 Å². The summed E-state index contributed by atoms with van der Waals surface area (Å²) in [6.45, 7) is 7.14. The van der Waals surface area contributed by atoms with Gasteiger partial charge in [0.25, 0.3) is 0 Å². The van der Waals surface area contributed by atoms with Crippen LogP contribution in [0.15, 0.2) is 12.2 Å². The Morgan fingerprint density at radius 2 is 1.85 bits per heavy atom. The van der Waals surface area contributed by atoms with Crippen LogP contribution in [0.2, 0.25) is 0 Å². The van der Waals surface area contributed by atoms with Gasteiger partial charge in [-0.05, 0) is 59.0 Å². The van der Waals surface area contributed by atoms with Gasteiger partial charge in [0.15, 0.2) is 6.61 Å². The average Bonchev–Trinajstić information content (AvgIpc) is 2.84. The van der Waals surface area contributed by atoms with Crippen LogP contribution in [-0.4, -0.2) is 24.1 Å². The Morgan fingerprint density at radius 3 is 2.35 bits per heavy atom. The SMILES string of the molecule is C/C=C/C1(OC(=O)COC(=O)C(C)(C)CC)CCCC1. The Hall–Kier alpha value is -1.32. The maximum Gasteiger partial charge on any atom is 0.345 e. The number of hydrogen-bond acceptors (Lipinski definition) is 4. The largest absolute Gasteiger partial charge is 0.453 e. The molecular weight excluding hydrogens is 256 g/mol. The molecule has 0 aromatic carbocycles. The lowest BCUT2D eigenvalue weighted by atomic mass is 9.91. The van der Waals surface area contributed by atoms with Crippen molar-refractivity contribution in [3.8, 4) is 0 Å². The number of carbonyl (C=O) groups is 2. The Balaban J connectivity index is 2.49. The second-order valence-electron chi connectivity index (χ2n) is 6.06. The van der Waals surface area contributed by atoms with E-state index in [1.165, 1.54) is 0 Å². The van der Waals surface area contributed by atoms with Gasteiger partial charge in [0.1, 0.15) is 5.60 Å². The first-order valence-electron chi connectivity index (χ1n) is 7.38. The van der Waals surface area contributed by atoms with Crippen molar-refractivity contribution in [3.05, 3.63) is 12.2 Å². The fourth-order valence-corrected chi connectivity index (χ4v) is 2.30. The maximum absolute atomic E-state index is 11.9. The molecule has 0 atom stereocenters. The van der Waals surface area contributed by atoms with E-state index in [4.69, 9.17) is 9.47 Å². The molecular formula is C16H26O4. The summed E-state index contributed by atoms with van der Waals surface area (Å²) in [6.07, 6.45) is 8.32. The average molecular weight is 282 g/mol. The molecule has 0 aromatic heterocycles. The van der Waals surface area contributed by atoms with Crippen molar-refractivity contribution in [2.45, 2.75) is 65.4 Å². The smallest absolute Gasteiger partial charge is 0.345 e. The molecule has 1 saturated carbocycles. The molecule has 0 amide bonds. The van der Waals surface area contributed by atoms with Crippen molar-refractivity contribution in [1.82, 2.24) is 0 Å². The minimum Gasteiger partial charge on any atom is -0.453 e. The third-order valence-electron chi connectivity index (χ3n) is 3.99. The molecule has 4 heteroatoms. The molecule has 20 heavy (non-hydrogen) atoms. The molecule has 0 radical (unpaired) electrons. The summed E-state index contributed by atoms with van der Waals surface area (Å²) in [5.74, 6) is -0.825. The molecule has 0 unspecified atom stereocenters. The van der Waals surface area contributed by atoms with Crippen molar-refractivity contribution >= 4 is 11.9 Å². The van der Waals surface area contributed by atoms with E-state index in [0.717, 1.165) is 25.7 Å². The Labute approximate surface area is 121 Å². The number of esters is 2. The van der Waals surface area contributed by atoms with E-state index in [-0.39, 0.29) is 12.6 Å². The van der Waals surface area contributed by atoms with Gasteiger partial charge in [0, 0.05) is 0 Å². The normalized spacial score (nSPS) is 18.2. The second kappa shape index (κ2) is 6.91. The van der Waals surface area contributed by atoms with Crippen LogP contribution in [0.1, 0.15) is 59.8 Å². The van der Waals surface area contributed by atoms with E-state index in [1.54, 1.807) is 13.8 Å². The standard InChI is InChI=1S/C16H26O4/c1-5-9-16(10-7-8-11-16)20-13(17)12-19-14(18)15(3,4)6-2/h5,9H,6-8,10-12H2,1-4H3/b9-5+. The summed E-state index contributed by atoms with van der Waals surface area (Å²) >= 11 is 0. The first-order chi connectivity index (χ1) is 9.35. The predicted octanol–water partition coefficient (Wildman–Crippen LogP) is 3.40. The summed E-state index contributed by atoms with van der Waals surface area (Å²) in [6, 6.07) is 0. The van der Waals surface area contributed by atoms with Gasteiger partial charge in [-0.15, -0.1) is 0 Å². The van der Waals surface area contributed by atoms with Crippen LogP contribution < -0.4 is 0 Å². The van der Waals surface area contributed by atoms with Gasteiger partial charge in [0.05, 0.1) is 5.41 Å². The lowest BCUT2D eigenvalue weighted by molar-refractivity contribution is -0.170. The number of hydrogen-bond donors (Lipinski definition) is 0. The monoisotopic (exact) mass is 282 g/mol. The fraction of sp³-hybridized carbons (Fsp3) is 0.750. The van der Waals surface area contributed by atoms with Crippen molar-refractivity contribution in [3.63, 3.8) is 0 Å². The molecule has 0 aromatic rings. The van der Waals surface area contributed by atoms with E-state index in [2.05, 4.69) is 0 Å². The van der Waals surface area contributed by atoms with Gasteiger partial charge in [-0.25, -0.2) is 4.79 Å². The zero-order valence-electron chi connectivity index (χ0n) is 13.0. The van der Waals surface area contributed by atoms with E-state index in [1.807, 2.05) is 26.0 Å². The Morgan fingerprint density at radius 1 is 1.25 bits per heavy atom. The molecule has 0 spiro atoms. The summed E-state index contributed by atoms with van der Waals surface area (Å²) in [7, 11) is 0. The highest BCUT2D eigenvalue weighted by molar-refractivity contribution is 5.80. The zero-order chi connectivity index (χ0) is 15.2. The van der Waals surface area contributed by atoms with Crippen molar-refractivity contribution < 1.29 is 19.1 Å². The summed E-state index contributed by atoms with van der Waals surface area (Å²) in [5, 5.41) is 0. The number of allylic oxidation sites excluding steroid dienone is 1. The van der Waals surface area contributed by atoms with Gasteiger partial charge in [-0.3, -0.25) is 4.79 Å². The highest BCUT2D eigenvalue weighted by Crippen LogP contribution is 2.34. The van der Waals surface area contributed by atoms with Gasteiger partial charge < -0.3 is 9.47 Å². The quantitative estimate of drug-likeness (QED) is 0.553. The van der Waals surface area contributed by atoms with Crippen LogP contribution in [0.3, 0.4) is 0 Å². The summed E-state index contributed by atoms with van der Waals surface area (Å²) < 4.78 is 10.6. The number of carbonyl (C=O) groups excluding carboxylic acids is 2. The van der Waals surface area contributed by atoms with Gasteiger partial charge in [0.2, 0.25) is 0 Å². The Bertz CT molecular complexity index is 376. The minimum atomic E-state index is -0.561. The van der Waals surface area contributed by atoms with Gasteiger partial charge in [-0.1, -0.05) is 13.0 Å². The Kier molecular flexibility index (Phi) is 5.78. The molecule has 1 aliphatic rings. The van der Waals surface area contributed by atoms with Crippen molar-refractivity contribution in [2.24, 2.45) is 5.41 Å². The molecule has 0 bridgehead atoms. The molecule has 1 aliphatic carbocycles. The first kappa shape index (κ1) is 16.7. The third kappa shape index (κ3) is 4.36. The van der Waals surface area contributed by atoms with Crippen LogP contribution in [0.4, 0.5) is 0 Å². The fourth-order valence-electron chi connectivity index (χ4n) is 2.30. The molecule has 1 rings (SSSR count). The van der Waals surface area contributed by atoms with E-state index in [0.29, 0.717) is 6.42 Å². The summed E-state index contributed by atoms with van der Waals surface area (Å²) in [4.78, 5) is 23.7. The summed E-state index contributed by atoms with van der Waals surface area (Å²) in [5.41, 5.74) is -1.05.